The maximum Gasteiger partial charge on any atom is 0.322 e. The van der Waals surface area contributed by atoms with Gasteiger partial charge in [0.1, 0.15) is 18.6 Å². The molecule has 2 unspecified atom stereocenters. The molecule has 0 heterocycles. The smallest absolute Gasteiger partial charge is 0.322 e. The molecule has 27 heavy (non-hydrogen) atoms. The first-order valence-electron chi connectivity index (χ1n) is 8.48. The van der Waals surface area contributed by atoms with E-state index in [0.29, 0.717) is 19.4 Å². The van der Waals surface area contributed by atoms with Gasteiger partial charge in [-0.2, -0.15) is 0 Å². The Morgan fingerprint density at radius 2 is 1.52 bits per heavy atom. The molecule has 0 saturated heterocycles. The summed E-state index contributed by atoms with van der Waals surface area (Å²) in [5.74, 6) is -3.89. The van der Waals surface area contributed by atoms with E-state index in [2.05, 4.69) is 16.0 Å². The number of carbonyl (C=O) groups excluding carboxylic acids is 4. The highest BCUT2D eigenvalue weighted by Crippen LogP contribution is 2.04. The number of carboxylic acid groups (broad SMARTS) is 1. The molecule has 0 rings (SSSR count). The molecule has 0 spiro atoms. The molecule has 0 bridgehead atoms. The molecule has 0 aromatic rings. The van der Waals surface area contributed by atoms with Crippen molar-refractivity contribution in [2.24, 2.45) is 17.2 Å². The van der Waals surface area contributed by atoms with Crippen LogP contribution in [0.3, 0.4) is 0 Å². The third-order valence-electron chi connectivity index (χ3n) is 3.51. The third kappa shape index (κ3) is 11.5. The first-order valence-corrected chi connectivity index (χ1v) is 8.48. The van der Waals surface area contributed by atoms with Crippen LogP contribution in [0.4, 0.5) is 0 Å². The summed E-state index contributed by atoms with van der Waals surface area (Å²) in [6.45, 7) is -0.568. The SMILES string of the molecule is NCCCCC(NC(=O)C(CCC(N)=O)NC(=O)CN)C(=O)NCC(=O)O. The molecule has 0 radical (unpaired) electrons. The van der Waals surface area contributed by atoms with E-state index in [4.69, 9.17) is 22.3 Å². The number of rotatable bonds is 14. The minimum absolute atomic E-state index is 0.0703. The zero-order valence-electron chi connectivity index (χ0n) is 15.0. The van der Waals surface area contributed by atoms with Crippen LogP contribution in [-0.2, 0) is 24.0 Å². The van der Waals surface area contributed by atoms with Gasteiger partial charge in [-0.25, -0.2) is 0 Å². The Morgan fingerprint density at radius 1 is 0.889 bits per heavy atom. The van der Waals surface area contributed by atoms with Crippen LogP contribution in [-0.4, -0.2) is 66.4 Å². The highest BCUT2D eigenvalue weighted by molar-refractivity contribution is 5.93. The molecular formula is C15H28N6O6. The second-order valence-corrected chi connectivity index (χ2v) is 5.79. The van der Waals surface area contributed by atoms with E-state index in [-0.39, 0.29) is 25.8 Å². The maximum absolute atomic E-state index is 12.5. The Bertz CT molecular complexity index is 541. The van der Waals surface area contributed by atoms with E-state index in [1.807, 2.05) is 0 Å². The number of nitrogens with two attached hydrogens (primary N) is 3. The predicted octanol–water partition coefficient (Wildman–Crippen LogP) is -3.49. The molecule has 154 valence electrons. The van der Waals surface area contributed by atoms with Crippen molar-refractivity contribution in [1.29, 1.82) is 0 Å². The molecule has 0 saturated carbocycles. The standard InChI is InChI=1S/C15H28N6O6/c16-6-2-1-3-9(14(26)19-8-13(24)25)21-15(27)10(4-5-11(18)22)20-12(23)7-17/h9-10H,1-8,16-17H2,(H2,18,22)(H,19,26)(H,20,23)(H,21,27)(H,24,25). The van der Waals surface area contributed by atoms with Crippen LogP contribution in [0.25, 0.3) is 0 Å². The topological polar surface area (TPSA) is 220 Å². The van der Waals surface area contributed by atoms with E-state index in [0.717, 1.165) is 0 Å². The summed E-state index contributed by atoms with van der Waals surface area (Å²) in [5, 5.41) is 15.7. The van der Waals surface area contributed by atoms with Gasteiger partial charge in [-0.05, 0) is 32.2 Å². The molecule has 10 N–H and O–H groups in total. The minimum Gasteiger partial charge on any atom is -0.480 e. The Kier molecular flexibility index (Phi) is 12.1. The quantitative estimate of drug-likeness (QED) is 0.148. The summed E-state index contributed by atoms with van der Waals surface area (Å²) in [5.41, 5.74) is 15.7. The van der Waals surface area contributed by atoms with Crippen LogP contribution in [0, 0.1) is 0 Å². The first-order chi connectivity index (χ1) is 12.7. The van der Waals surface area contributed by atoms with Crippen molar-refractivity contribution >= 4 is 29.6 Å². The molecule has 0 aliphatic heterocycles. The average Bonchev–Trinajstić information content (AvgIpc) is 2.61. The van der Waals surface area contributed by atoms with Crippen LogP contribution in [0.1, 0.15) is 32.1 Å². The fourth-order valence-corrected chi connectivity index (χ4v) is 2.13. The Morgan fingerprint density at radius 3 is 2.04 bits per heavy atom. The Hall–Kier alpha value is -2.73. The van der Waals surface area contributed by atoms with Gasteiger partial charge >= 0.3 is 5.97 Å². The lowest BCUT2D eigenvalue weighted by molar-refractivity contribution is -0.138. The Balaban J connectivity index is 5.06. The number of nitrogens with one attached hydrogen (secondary N) is 3. The number of carboxylic acids is 1. The van der Waals surface area contributed by atoms with E-state index in [1.165, 1.54) is 0 Å². The van der Waals surface area contributed by atoms with Gasteiger partial charge in [-0.15, -0.1) is 0 Å². The molecule has 0 aliphatic rings. The summed E-state index contributed by atoms with van der Waals surface area (Å²) in [7, 11) is 0. The molecule has 2 atom stereocenters. The maximum atomic E-state index is 12.5. The van der Waals surface area contributed by atoms with Crippen molar-refractivity contribution in [2.45, 2.75) is 44.2 Å². The van der Waals surface area contributed by atoms with E-state index < -0.39 is 48.2 Å². The number of aliphatic carboxylic acids is 1. The van der Waals surface area contributed by atoms with Crippen LogP contribution in [0.15, 0.2) is 0 Å². The van der Waals surface area contributed by atoms with Gasteiger partial charge in [0.2, 0.25) is 23.6 Å². The average molecular weight is 388 g/mol. The number of hydrogen-bond acceptors (Lipinski definition) is 7. The molecule has 12 heteroatoms. The zero-order chi connectivity index (χ0) is 20.8. The molecular weight excluding hydrogens is 360 g/mol. The second kappa shape index (κ2) is 13.5. The third-order valence-corrected chi connectivity index (χ3v) is 3.51. The van der Waals surface area contributed by atoms with Crippen molar-refractivity contribution in [3.05, 3.63) is 0 Å². The van der Waals surface area contributed by atoms with Gasteiger partial charge in [-0.3, -0.25) is 24.0 Å². The highest BCUT2D eigenvalue weighted by atomic mass is 16.4. The van der Waals surface area contributed by atoms with Crippen molar-refractivity contribution in [3.63, 3.8) is 0 Å². The predicted molar refractivity (Wildman–Crippen MR) is 94.9 cm³/mol. The van der Waals surface area contributed by atoms with Crippen LogP contribution in [0.5, 0.6) is 0 Å². The number of unbranched alkanes of at least 4 members (excludes halogenated alkanes) is 1. The van der Waals surface area contributed by atoms with Gasteiger partial charge in [0.05, 0.1) is 6.54 Å². The van der Waals surface area contributed by atoms with Gasteiger partial charge in [0, 0.05) is 6.42 Å². The van der Waals surface area contributed by atoms with Gasteiger partial charge in [-0.1, -0.05) is 0 Å². The van der Waals surface area contributed by atoms with Gasteiger partial charge in [0.25, 0.3) is 0 Å². The lowest BCUT2D eigenvalue weighted by atomic mass is 10.1. The fourth-order valence-electron chi connectivity index (χ4n) is 2.13. The minimum atomic E-state index is -1.23. The van der Waals surface area contributed by atoms with Crippen LogP contribution in [0.2, 0.25) is 0 Å². The highest BCUT2D eigenvalue weighted by Gasteiger charge is 2.26. The molecule has 0 aromatic carbocycles. The van der Waals surface area contributed by atoms with E-state index in [9.17, 15) is 24.0 Å². The summed E-state index contributed by atoms with van der Waals surface area (Å²) < 4.78 is 0. The van der Waals surface area contributed by atoms with Crippen LogP contribution < -0.4 is 33.2 Å². The lowest BCUT2D eigenvalue weighted by Crippen LogP contribution is -2.54. The summed E-state index contributed by atoms with van der Waals surface area (Å²) in [6.07, 6.45) is 1.11. The molecule has 0 aliphatic carbocycles. The molecule has 4 amide bonds. The second-order valence-electron chi connectivity index (χ2n) is 5.79. The number of primary amides is 1. The van der Waals surface area contributed by atoms with Crippen LogP contribution >= 0.6 is 0 Å². The van der Waals surface area contributed by atoms with E-state index in [1.54, 1.807) is 0 Å². The van der Waals surface area contributed by atoms with Crippen molar-refractivity contribution in [1.82, 2.24) is 16.0 Å². The number of carbonyl (C=O) groups is 5. The summed E-state index contributed by atoms with van der Waals surface area (Å²) in [6, 6.07) is -2.13. The summed E-state index contributed by atoms with van der Waals surface area (Å²) in [4.78, 5) is 57.6. The molecule has 0 fully saturated rings. The normalized spacial score (nSPS) is 12.5. The summed E-state index contributed by atoms with van der Waals surface area (Å²) >= 11 is 0. The van der Waals surface area contributed by atoms with Crippen molar-refractivity contribution in [3.8, 4) is 0 Å². The zero-order valence-corrected chi connectivity index (χ0v) is 15.0. The molecule has 0 aromatic heterocycles. The monoisotopic (exact) mass is 388 g/mol. The lowest BCUT2D eigenvalue weighted by Gasteiger charge is -2.22. The van der Waals surface area contributed by atoms with Crippen molar-refractivity contribution in [2.75, 3.05) is 19.6 Å². The number of amides is 4. The number of hydrogen-bond donors (Lipinski definition) is 7. The fraction of sp³-hybridized carbons (Fsp3) is 0.667. The molecule has 12 nitrogen and oxygen atoms in total. The van der Waals surface area contributed by atoms with Gasteiger partial charge < -0.3 is 38.3 Å². The van der Waals surface area contributed by atoms with E-state index >= 15 is 0 Å². The van der Waals surface area contributed by atoms with Crippen molar-refractivity contribution < 1.29 is 29.1 Å². The van der Waals surface area contributed by atoms with Gasteiger partial charge in [0.15, 0.2) is 0 Å². The Labute approximate surface area is 156 Å². The first kappa shape index (κ1) is 24.3. The largest absolute Gasteiger partial charge is 0.480 e.